The number of benzene rings is 1. The van der Waals surface area contributed by atoms with Crippen molar-refractivity contribution in [1.29, 1.82) is 0 Å². The van der Waals surface area contributed by atoms with Gasteiger partial charge in [-0.2, -0.15) is 0 Å². The molecule has 0 saturated carbocycles. The van der Waals surface area contributed by atoms with E-state index in [-0.39, 0.29) is 11.5 Å². The zero-order chi connectivity index (χ0) is 11.7. The summed E-state index contributed by atoms with van der Waals surface area (Å²) in [7, 11) is 0. The molecular weight excluding hydrogens is 230 g/mol. The van der Waals surface area contributed by atoms with Gasteiger partial charge >= 0.3 is 5.97 Å². The second-order valence-electron chi connectivity index (χ2n) is 3.83. The average molecular weight is 242 g/mol. The van der Waals surface area contributed by atoms with E-state index < -0.39 is 5.97 Å². The lowest BCUT2D eigenvalue weighted by molar-refractivity contribution is 0.0697. The van der Waals surface area contributed by atoms with Crippen LogP contribution in [0.5, 0.6) is 0 Å². The quantitative estimate of drug-likeness (QED) is 0.778. The third kappa shape index (κ3) is 1.99. The van der Waals surface area contributed by atoms with E-state index >= 15 is 0 Å². The molecule has 1 aliphatic heterocycles. The smallest absolute Gasteiger partial charge is 0.335 e. The van der Waals surface area contributed by atoms with Gasteiger partial charge in [0.15, 0.2) is 0 Å². The Kier molecular flexibility index (Phi) is 3.03. The van der Waals surface area contributed by atoms with Gasteiger partial charge in [0.2, 0.25) is 0 Å². The van der Waals surface area contributed by atoms with Gasteiger partial charge < -0.3 is 15.6 Å². The highest BCUT2D eigenvalue weighted by molar-refractivity contribution is 6.32. The Bertz CT molecular complexity index is 404. The summed E-state index contributed by atoms with van der Waals surface area (Å²) in [6.07, 6.45) is 0.871. The van der Waals surface area contributed by atoms with Crippen LogP contribution >= 0.6 is 11.6 Å². The lowest BCUT2D eigenvalue weighted by Gasteiger charge is -2.14. The minimum Gasteiger partial charge on any atom is -0.478 e. The van der Waals surface area contributed by atoms with Crippen LogP contribution in [0.2, 0.25) is 5.02 Å². The molecule has 1 fully saturated rings. The number of halogens is 1. The number of rotatable bonds is 2. The van der Waals surface area contributed by atoms with E-state index in [1.807, 2.05) is 0 Å². The Morgan fingerprint density at radius 3 is 2.81 bits per heavy atom. The molecule has 1 aliphatic rings. The van der Waals surface area contributed by atoms with Crippen LogP contribution in [0.1, 0.15) is 28.3 Å². The molecule has 3 N–H and O–H groups in total. The fourth-order valence-corrected chi connectivity index (χ4v) is 2.34. The lowest BCUT2D eigenvalue weighted by Crippen LogP contribution is -2.06. The van der Waals surface area contributed by atoms with Gasteiger partial charge in [0.25, 0.3) is 0 Å². The molecule has 1 aromatic carbocycles. The molecule has 1 heterocycles. The molecule has 1 saturated heterocycles. The first kappa shape index (κ1) is 11.2. The van der Waals surface area contributed by atoms with E-state index in [0.29, 0.717) is 23.9 Å². The summed E-state index contributed by atoms with van der Waals surface area (Å²) >= 11 is 6.06. The zero-order valence-corrected chi connectivity index (χ0v) is 9.33. The van der Waals surface area contributed by atoms with Crippen molar-refractivity contribution in [1.82, 2.24) is 0 Å². The predicted octanol–water partition coefficient (Wildman–Crippen LogP) is 2.12. The molecule has 1 unspecified atom stereocenters. The van der Waals surface area contributed by atoms with Gasteiger partial charge in [-0.15, -0.1) is 0 Å². The van der Waals surface area contributed by atoms with Crippen LogP contribution in [0.25, 0.3) is 0 Å². The first-order chi connectivity index (χ1) is 7.59. The largest absolute Gasteiger partial charge is 0.478 e. The summed E-state index contributed by atoms with van der Waals surface area (Å²) in [5.41, 5.74) is 7.19. The summed E-state index contributed by atoms with van der Waals surface area (Å²) in [6.45, 7) is 1.29. The summed E-state index contributed by atoms with van der Waals surface area (Å²) in [5, 5.41) is 9.26. The first-order valence-corrected chi connectivity index (χ1v) is 5.37. The highest BCUT2D eigenvalue weighted by Crippen LogP contribution is 2.35. The third-order valence-corrected chi connectivity index (χ3v) is 3.06. The fraction of sp³-hybridized carbons (Fsp3) is 0.364. The van der Waals surface area contributed by atoms with Gasteiger partial charge in [-0.3, -0.25) is 0 Å². The van der Waals surface area contributed by atoms with Crippen LogP contribution in [-0.4, -0.2) is 24.3 Å². The average Bonchev–Trinajstić information content (AvgIpc) is 2.69. The maximum Gasteiger partial charge on any atom is 0.335 e. The van der Waals surface area contributed by atoms with Crippen LogP contribution in [0.4, 0.5) is 5.69 Å². The molecule has 0 spiro atoms. The number of nitrogen functional groups attached to an aromatic ring is 1. The van der Waals surface area contributed by atoms with Crippen molar-refractivity contribution in [2.24, 2.45) is 0 Å². The van der Waals surface area contributed by atoms with Crippen molar-refractivity contribution in [3.05, 3.63) is 28.3 Å². The van der Waals surface area contributed by atoms with Crippen LogP contribution < -0.4 is 5.73 Å². The van der Waals surface area contributed by atoms with E-state index in [0.717, 1.165) is 12.0 Å². The van der Waals surface area contributed by atoms with Crippen LogP contribution in [0, 0.1) is 0 Å². The number of carboxylic acids is 1. The second kappa shape index (κ2) is 4.31. The van der Waals surface area contributed by atoms with E-state index in [2.05, 4.69) is 0 Å². The minimum absolute atomic E-state index is 0.116. The van der Waals surface area contributed by atoms with E-state index in [4.69, 9.17) is 27.2 Å². The zero-order valence-electron chi connectivity index (χ0n) is 8.57. The normalized spacial score (nSPS) is 19.9. The molecule has 1 aromatic rings. The van der Waals surface area contributed by atoms with Gasteiger partial charge in [0.1, 0.15) is 0 Å². The van der Waals surface area contributed by atoms with Crippen LogP contribution in [0.15, 0.2) is 12.1 Å². The molecule has 1 atom stereocenters. The first-order valence-electron chi connectivity index (χ1n) is 4.99. The predicted molar refractivity (Wildman–Crippen MR) is 61.0 cm³/mol. The maximum absolute atomic E-state index is 10.8. The second-order valence-corrected chi connectivity index (χ2v) is 4.23. The Morgan fingerprint density at radius 2 is 2.31 bits per heavy atom. The standard InChI is InChI=1S/C11H12ClNO3/c12-8-3-7(11(14)15)4-9(13)10(8)6-1-2-16-5-6/h3-4,6H,1-2,5,13H2,(H,14,15). The molecular formula is C11H12ClNO3. The van der Waals surface area contributed by atoms with Crippen molar-refractivity contribution in [2.75, 3.05) is 18.9 Å². The summed E-state index contributed by atoms with van der Waals surface area (Å²) in [5.74, 6) is -0.849. The van der Waals surface area contributed by atoms with Gasteiger partial charge in [0, 0.05) is 23.2 Å². The van der Waals surface area contributed by atoms with Crippen LogP contribution in [0.3, 0.4) is 0 Å². The Hall–Kier alpha value is -1.26. The van der Waals surface area contributed by atoms with Gasteiger partial charge in [-0.1, -0.05) is 11.6 Å². The number of anilines is 1. The fourth-order valence-electron chi connectivity index (χ4n) is 1.96. The van der Waals surface area contributed by atoms with Crippen molar-refractivity contribution < 1.29 is 14.6 Å². The monoisotopic (exact) mass is 241 g/mol. The number of hydrogen-bond donors (Lipinski definition) is 2. The Morgan fingerprint density at radius 1 is 1.56 bits per heavy atom. The van der Waals surface area contributed by atoms with Gasteiger partial charge in [-0.05, 0) is 24.1 Å². The number of ether oxygens (including phenoxy) is 1. The highest BCUT2D eigenvalue weighted by Gasteiger charge is 2.23. The van der Waals surface area contributed by atoms with E-state index in [9.17, 15) is 4.79 Å². The highest BCUT2D eigenvalue weighted by atomic mass is 35.5. The van der Waals surface area contributed by atoms with E-state index in [1.165, 1.54) is 12.1 Å². The number of nitrogens with two attached hydrogens (primary N) is 1. The molecule has 0 amide bonds. The number of carbonyl (C=O) groups is 1. The number of aromatic carboxylic acids is 1. The lowest BCUT2D eigenvalue weighted by atomic mass is 9.95. The van der Waals surface area contributed by atoms with Crippen molar-refractivity contribution in [3.63, 3.8) is 0 Å². The molecule has 0 radical (unpaired) electrons. The molecule has 16 heavy (non-hydrogen) atoms. The number of hydrogen-bond acceptors (Lipinski definition) is 3. The molecule has 0 aliphatic carbocycles. The van der Waals surface area contributed by atoms with Crippen molar-refractivity contribution >= 4 is 23.3 Å². The molecule has 0 bridgehead atoms. The summed E-state index contributed by atoms with van der Waals surface area (Å²) in [6, 6.07) is 2.88. The molecule has 4 nitrogen and oxygen atoms in total. The maximum atomic E-state index is 10.8. The van der Waals surface area contributed by atoms with Crippen molar-refractivity contribution in [3.8, 4) is 0 Å². The Labute approximate surface area is 98.0 Å². The van der Waals surface area contributed by atoms with E-state index in [1.54, 1.807) is 0 Å². The summed E-state index contributed by atoms with van der Waals surface area (Å²) < 4.78 is 5.27. The molecule has 86 valence electrons. The summed E-state index contributed by atoms with van der Waals surface area (Å²) in [4.78, 5) is 10.8. The number of carboxylic acid groups (broad SMARTS) is 1. The third-order valence-electron chi connectivity index (χ3n) is 2.75. The van der Waals surface area contributed by atoms with Gasteiger partial charge in [0.05, 0.1) is 12.2 Å². The van der Waals surface area contributed by atoms with Gasteiger partial charge in [-0.25, -0.2) is 4.79 Å². The molecule has 5 heteroatoms. The van der Waals surface area contributed by atoms with Crippen molar-refractivity contribution in [2.45, 2.75) is 12.3 Å². The van der Waals surface area contributed by atoms with Crippen LogP contribution in [-0.2, 0) is 4.74 Å². The Balaban J connectivity index is 2.42. The SMILES string of the molecule is Nc1cc(C(=O)O)cc(Cl)c1C1CCOC1. The molecule has 0 aromatic heterocycles. The molecule has 2 rings (SSSR count). The minimum atomic E-state index is -1.03. The topological polar surface area (TPSA) is 72.6 Å².